The van der Waals surface area contributed by atoms with Crippen LogP contribution < -0.4 is 5.32 Å². The number of benzene rings is 1. The molecule has 0 aliphatic carbocycles. The molecule has 0 saturated heterocycles. The van der Waals surface area contributed by atoms with Crippen LogP contribution in [-0.2, 0) is 22.6 Å². The highest BCUT2D eigenvalue weighted by atomic mass is 35.5. The molecule has 0 aliphatic rings. The van der Waals surface area contributed by atoms with Crippen LogP contribution in [0.3, 0.4) is 0 Å². The number of carboxylic acid groups (broad SMARTS) is 2. The Labute approximate surface area is 185 Å². The molecule has 0 saturated carbocycles. The topological polar surface area (TPSA) is 104 Å². The van der Waals surface area contributed by atoms with Crippen LogP contribution in [0.1, 0.15) is 31.5 Å². The molecule has 0 unspecified atom stereocenters. The van der Waals surface area contributed by atoms with Crippen LogP contribution in [0.5, 0.6) is 0 Å². The minimum absolute atomic E-state index is 0. The fraction of sp³-hybridized carbons (Fsp3) is 0.421. The minimum atomic E-state index is -1.12. The van der Waals surface area contributed by atoms with E-state index < -0.39 is 24.0 Å². The van der Waals surface area contributed by atoms with Crippen LogP contribution in [0.4, 0.5) is 0 Å². The number of rotatable bonds is 10. The van der Waals surface area contributed by atoms with E-state index in [0.717, 1.165) is 5.56 Å². The second-order valence-electron chi connectivity index (χ2n) is 7.07. The molecule has 10 heteroatoms. The SMILES string of the molecule is CC(C)C[C@H](N[C@@H](Cc1cncn1Cc1cc(Cl)cc(Cl)c1)C(=O)O)C(=O)O.Cl. The first kappa shape index (κ1) is 25.2. The third-order valence-corrected chi connectivity index (χ3v) is 4.63. The largest absolute Gasteiger partial charge is 0.480 e. The van der Waals surface area contributed by atoms with E-state index in [0.29, 0.717) is 28.7 Å². The Morgan fingerprint density at radius 2 is 1.69 bits per heavy atom. The molecule has 7 nitrogen and oxygen atoms in total. The van der Waals surface area contributed by atoms with Gasteiger partial charge in [-0.05, 0) is 36.1 Å². The molecule has 1 aromatic heterocycles. The minimum Gasteiger partial charge on any atom is -0.480 e. The summed E-state index contributed by atoms with van der Waals surface area (Å²) >= 11 is 12.1. The average Bonchev–Trinajstić information content (AvgIpc) is 2.98. The highest BCUT2D eigenvalue weighted by Crippen LogP contribution is 2.20. The van der Waals surface area contributed by atoms with Gasteiger partial charge in [0, 0.05) is 34.9 Å². The molecule has 2 aromatic rings. The Kier molecular flexibility index (Phi) is 9.92. The van der Waals surface area contributed by atoms with Crippen LogP contribution in [0, 0.1) is 5.92 Å². The van der Waals surface area contributed by atoms with E-state index in [1.807, 2.05) is 13.8 Å². The van der Waals surface area contributed by atoms with E-state index in [1.165, 1.54) is 0 Å². The van der Waals surface area contributed by atoms with E-state index in [2.05, 4.69) is 10.3 Å². The van der Waals surface area contributed by atoms with Gasteiger partial charge in [-0.2, -0.15) is 0 Å². The maximum absolute atomic E-state index is 11.7. The molecule has 1 aromatic carbocycles. The molecular formula is C19H24Cl3N3O4. The van der Waals surface area contributed by atoms with Crippen LogP contribution in [-0.4, -0.2) is 43.8 Å². The molecule has 0 aliphatic heterocycles. The lowest BCUT2D eigenvalue weighted by Gasteiger charge is -2.22. The number of carboxylic acids is 2. The summed E-state index contributed by atoms with van der Waals surface area (Å²) in [4.78, 5) is 27.3. The number of imidazole rings is 1. The summed E-state index contributed by atoms with van der Waals surface area (Å²) in [6.45, 7) is 4.19. The van der Waals surface area contributed by atoms with Gasteiger partial charge in [0.2, 0.25) is 0 Å². The molecule has 0 amide bonds. The van der Waals surface area contributed by atoms with Gasteiger partial charge in [-0.15, -0.1) is 12.4 Å². The fourth-order valence-electron chi connectivity index (χ4n) is 2.94. The highest BCUT2D eigenvalue weighted by Gasteiger charge is 2.27. The van der Waals surface area contributed by atoms with Crippen molar-refractivity contribution >= 4 is 47.5 Å². The summed E-state index contributed by atoms with van der Waals surface area (Å²) in [6, 6.07) is 3.18. The van der Waals surface area contributed by atoms with E-state index in [1.54, 1.807) is 35.3 Å². The molecule has 0 bridgehead atoms. The summed E-state index contributed by atoms with van der Waals surface area (Å²) in [5, 5.41) is 22.7. The maximum Gasteiger partial charge on any atom is 0.321 e. The standard InChI is InChI=1S/C19H23Cl2N3O4.ClH/c1-11(2)3-16(18(25)26)23-17(19(27)28)7-15-8-22-10-24(15)9-12-4-13(20)6-14(21)5-12;/h4-6,8,10-11,16-17,23H,3,7,9H2,1-2H3,(H,25,26)(H,27,28);1H/t16-,17-;/m0./s1. The molecule has 160 valence electrons. The average molecular weight is 465 g/mol. The first-order valence-electron chi connectivity index (χ1n) is 8.81. The lowest BCUT2D eigenvalue weighted by atomic mass is 10.0. The summed E-state index contributed by atoms with van der Waals surface area (Å²) in [7, 11) is 0. The van der Waals surface area contributed by atoms with E-state index in [9.17, 15) is 19.8 Å². The van der Waals surface area contributed by atoms with Crippen LogP contribution >= 0.6 is 35.6 Å². The molecule has 0 fully saturated rings. The zero-order valence-corrected chi connectivity index (χ0v) is 18.3. The van der Waals surface area contributed by atoms with Crippen molar-refractivity contribution in [3.8, 4) is 0 Å². The van der Waals surface area contributed by atoms with Crippen molar-refractivity contribution in [1.82, 2.24) is 14.9 Å². The molecule has 29 heavy (non-hydrogen) atoms. The Balaban J connectivity index is 0.00000420. The van der Waals surface area contributed by atoms with Gasteiger partial charge in [0.05, 0.1) is 6.33 Å². The highest BCUT2D eigenvalue weighted by molar-refractivity contribution is 6.34. The van der Waals surface area contributed by atoms with Crippen LogP contribution in [0.2, 0.25) is 10.0 Å². The number of nitrogens with one attached hydrogen (secondary N) is 1. The van der Waals surface area contributed by atoms with Gasteiger partial charge < -0.3 is 14.8 Å². The predicted molar refractivity (Wildman–Crippen MR) is 114 cm³/mol. The summed E-state index contributed by atoms with van der Waals surface area (Å²) in [5.74, 6) is -2.07. The first-order chi connectivity index (χ1) is 13.2. The Hall–Kier alpha value is -1.80. The predicted octanol–water partition coefficient (Wildman–Crippen LogP) is 3.74. The summed E-state index contributed by atoms with van der Waals surface area (Å²) in [6.07, 6.45) is 3.58. The van der Waals surface area contributed by atoms with Gasteiger partial charge >= 0.3 is 11.9 Å². The van der Waals surface area contributed by atoms with Gasteiger partial charge in [0.15, 0.2) is 0 Å². The zero-order valence-electron chi connectivity index (χ0n) is 16.0. The summed E-state index contributed by atoms with van der Waals surface area (Å²) in [5.41, 5.74) is 1.50. The molecule has 1 heterocycles. The molecule has 2 rings (SSSR count). The first-order valence-corrected chi connectivity index (χ1v) is 9.57. The van der Waals surface area contributed by atoms with Gasteiger partial charge in [-0.3, -0.25) is 14.9 Å². The molecule has 2 atom stereocenters. The number of hydrogen-bond acceptors (Lipinski definition) is 4. The summed E-state index contributed by atoms with van der Waals surface area (Å²) < 4.78 is 1.79. The number of aromatic nitrogens is 2. The van der Waals surface area contributed by atoms with Crippen molar-refractivity contribution in [3.63, 3.8) is 0 Å². The molecule has 0 radical (unpaired) electrons. The van der Waals surface area contributed by atoms with Crippen molar-refractivity contribution in [1.29, 1.82) is 0 Å². The van der Waals surface area contributed by atoms with Gasteiger partial charge in [0.25, 0.3) is 0 Å². The van der Waals surface area contributed by atoms with E-state index in [-0.39, 0.29) is 24.7 Å². The number of carbonyl (C=O) groups is 2. The normalized spacial score (nSPS) is 13.0. The molecule has 3 N–H and O–H groups in total. The number of aliphatic carboxylic acids is 2. The van der Waals surface area contributed by atoms with E-state index >= 15 is 0 Å². The lowest BCUT2D eigenvalue weighted by molar-refractivity contribution is -0.142. The van der Waals surface area contributed by atoms with Crippen molar-refractivity contribution in [2.45, 2.75) is 45.3 Å². The Morgan fingerprint density at radius 3 is 2.21 bits per heavy atom. The maximum atomic E-state index is 11.7. The second-order valence-corrected chi connectivity index (χ2v) is 7.95. The van der Waals surface area contributed by atoms with Crippen molar-refractivity contribution in [2.24, 2.45) is 5.92 Å². The fourth-order valence-corrected chi connectivity index (χ4v) is 3.51. The Bertz CT molecular complexity index is 822. The lowest BCUT2D eigenvalue weighted by Crippen LogP contribution is -2.49. The zero-order chi connectivity index (χ0) is 20.8. The van der Waals surface area contributed by atoms with Crippen molar-refractivity contribution in [3.05, 3.63) is 52.0 Å². The third-order valence-electron chi connectivity index (χ3n) is 4.19. The molecular weight excluding hydrogens is 441 g/mol. The van der Waals surface area contributed by atoms with Crippen LogP contribution in [0.15, 0.2) is 30.7 Å². The Morgan fingerprint density at radius 1 is 1.10 bits per heavy atom. The van der Waals surface area contributed by atoms with Crippen molar-refractivity contribution < 1.29 is 19.8 Å². The quantitative estimate of drug-likeness (QED) is 0.495. The van der Waals surface area contributed by atoms with E-state index in [4.69, 9.17) is 23.2 Å². The second kappa shape index (κ2) is 11.4. The molecule has 0 spiro atoms. The van der Waals surface area contributed by atoms with Crippen LogP contribution in [0.25, 0.3) is 0 Å². The smallest absolute Gasteiger partial charge is 0.321 e. The van der Waals surface area contributed by atoms with Gasteiger partial charge in [-0.25, -0.2) is 4.98 Å². The number of hydrogen-bond donors (Lipinski definition) is 3. The van der Waals surface area contributed by atoms with Gasteiger partial charge in [0.1, 0.15) is 12.1 Å². The number of halogens is 3. The number of nitrogens with zero attached hydrogens (tertiary/aromatic N) is 2. The van der Waals surface area contributed by atoms with Crippen molar-refractivity contribution in [2.75, 3.05) is 0 Å². The third kappa shape index (κ3) is 7.85. The monoisotopic (exact) mass is 463 g/mol. The van der Waals surface area contributed by atoms with Gasteiger partial charge in [-0.1, -0.05) is 37.0 Å².